The Kier molecular flexibility index (Phi) is 8.23. The van der Waals surface area contributed by atoms with Crippen LogP contribution in [0, 0.1) is 0 Å². The van der Waals surface area contributed by atoms with E-state index >= 15 is 0 Å². The Morgan fingerprint density at radius 1 is 0.328 bits per heavy atom. The van der Waals surface area contributed by atoms with Crippen molar-refractivity contribution in [3.05, 3.63) is 237 Å². The highest BCUT2D eigenvalue weighted by Gasteiger charge is 2.50. The van der Waals surface area contributed by atoms with Gasteiger partial charge in [-0.3, -0.25) is 0 Å². The first-order valence-corrected chi connectivity index (χ1v) is 22.1. The third-order valence-electron chi connectivity index (χ3n) is 12.1. The molecule has 0 radical (unpaired) electrons. The lowest BCUT2D eigenvalue weighted by atomic mass is 9.91. The predicted molar refractivity (Wildman–Crippen MR) is 250 cm³/mol. The van der Waals surface area contributed by atoms with Gasteiger partial charge in [-0.1, -0.05) is 206 Å². The number of hydrogen-bond acceptors (Lipinski definition) is 1. The van der Waals surface area contributed by atoms with Crippen molar-refractivity contribution in [2.24, 2.45) is 0 Å². The third kappa shape index (κ3) is 5.30. The Labute approximate surface area is 340 Å². The molecule has 2 heteroatoms. The molecule has 0 unspecified atom stereocenters. The van der Waals surface area contributed by atoms with E-state index in [1.165, 1.54) is 81.4 Å². The number of hydrogen-bond donors (Lipinski definition) is 0. The minimum atomic E-state index is -2.81. The molecular weight excluding hydrogens is 715 g/mol. The van der Waals surface area contributed by atoms with E-state index in [0.717, 1.165) is 11.4 Å². The average Bonchev–Trinajstić information content (AvgIpc) is 3.62. The van der Waals surface area contributed by atoms with Gasteiger partial charge in [0.15, 0.2) is 8.07 Å². The summed E-state index contributed by atoms with van der Waals surface area (Å²) >= 11 is 0. The highest BCUT2D eigenvalue weighted by atomic mass is 28.3. The lowest BCUT2D eigenvalue weighted by molar-refractivity contribution is 1.29. The minimum absolute atomic E-state index is 1.12. The van der Waals surface area contributed by atoms with Gasteiger partial charge in [0.1, 0.15) is 0 Å². The van der Waals surface area contributed by atoms with E-state index in [-0.39, 0.29) is 0 Å². The Bertz CT molecular complexity index is 3040. The molecular formula is C56H39NSi. The molecule has 0 saturated carbocycles. The second-order valence-corrected chi connectivity index (χ2v) is 18.9. The van der Waals surface area contributed by atoms with Crippen LogP contribution in [0.1, 0.15) is 0 Å². The van der Waals surface area contributed by atoms with Gasteiger partial charge >= 0.3 is 0 Å². The highest BCUT2D eigenvalue weighted by Crippen LogP contribution is 2.45. The molecule has 0 fully saturated rings. The summed E-state index contributed by atoms with van der Waals surface area (Å²) in [6, 6.07) is 87.6. The van der Waals surface area contributed by atoms with Crippen molar-refractivity contribution in [3.8, 4) is 33.4 Å². The van der Waals surface area contributed by atoms with Gasteiger partial charge in [-0.15, -0.1) is 0 Å². The largest absolute Gasteiger partial charge is 0.310 e. The molecule has 0 amide bonds. The maximum absolute atomic E-state index is 2.81. The maximum atomic E-state index is 2.47. The van der Waals surface area contributed by atoms with Crippen molar-refractivity contribution in [2.75, 3.05) is 4.90 Å². The third-order valence-corrected chi connectivity index (χ3v) is 17.0. The van der Waals surface area contributed by atoms with Crippen LogP contribution in [0.4, 0.5) is 17.1 Å². The van der Waals surface area contributed by atoms with Crippen molar-refractivity contribution >= 4 is 67.4 Å². The highest BCUT2D eigenvalue weighted by molar-refractivity contribution is 7.23. The zero-order chi connectivity index (χ0) is 38.5. The van der Waals surface area contributed by atoms with Gasteiger partial charge < -0.3 is 4.90 Å². The fourth-order valence-electron chi connectivity index (χ4n) is 9.72. The zero-order valence-electron chi connectivity index (χ0n) is 32.0. The van der Waals surface area contributed by atoms with Crippen LogP contribution in [0.25, 0.3) is 54.9 Å². The molecule has 0 atom stereocenters. The first-order valence-electron chi connectivity index (χ1n) is 20.1. The van der Waals surface area contributed by atoms with Gasteiger partial charge in [0, 0.05) is 16.9 Å². The Morgan fingerprint density at radius 2 is 0.845 bits per heavy atom. The Balaban J connectivity index is 1.15. The van der Waals surface area contributed by atoms with Crippen LogP contribution < -0.4 is 25.6 Å². The van der Waals surface area contributed by atoms with Crippen LogP contribution >= 0.6 is 0 Å². The summed E-state index contributed by atoms with van der Waals surface area (Å²) in [7, 11) is -2.81. The normalized spacial score (nSPS) is 12.6. The molecule has 0 saturated heterocycles. The molecule has 0 spiro atoms. The molecule has 11 rings (SSSR count). The number of para-hydroxylation sites is 1. The Hall–Kier alpha value is -7.26. The molecule has 1 aliphatic heterocycles. The smallest absolute Gasteiger partial charge is 0.181 e. The molecule has 0 aliphatic carbocycles. The van der Waals surface area contributed by atoms with E-state index in [9.17, 15) is 0 Å². The molecule has 0 N–H and O–H groups in total. The van der Waals surface area contributed by atoms with Crippen molar-refractivity contribution < 1.29 is 0 Å². The zero-order valence-corrected chi connectivity index (χ0v) is 33.0. The number of fused-ring (bicyclic) bond motifs is 6. The molecule has 58 heavy (non-hydrogen) atoms. The van der Waals surface area contributed by atoms with Gasteiger partial charge in [-0.05, 0) is 100 Å². The number of anilines is 3. The molecule has 10 aromatic carbocycles. The van der Waals surface area contributed by atoms with Gasteiger partial charge in [-0.2, -0.15) is 0 Å². The fraction of sp³-hybridized carbons (Fsp3) is 0. The van der Waals surface area contributed by atoms with E-state index in [1.807, 2.05) is 0 Å². The van der Waals surface area contributed by atoms with Gasteiger partial charge in [-0.25, -0.2) is 0 Å². The predicted octanol–water partition coefficient (Wildman–Crippen LogP) is 12.2. The molecule has 1 aliphatic rings. The fourth-order valence-corrected chi connectivity index (χ4v) is 15.1. The average molecular weight is 754 g/mol. The van der Waals surface area contributed by atoms with Gasteiger partial charge in [0.2, 0.25) is 0 Å². The number of nitrogens with zero attached hydrogens (tertiary/aromatic N) is 1. The van der Waals surface area contributed by atoms with Crippen LogP contribution in [0.2, 0.25) is 0 Å². The summed E-state index contributed by atoms with van der Waals surface area (Å²) in [6.45, 7) is 0. The van der Waals surface area contributed by atoms with E-state index in [1.54, 1.807) is 0 Å². The standard InChI is InChI=1S/C56H39NSi/c1-5-18-40(19-6-1)48-30-15-21-43-22-16-31-49(54(43)48)42-34-37-45(38-35-42)57(44-23-7-2-8-24-44)52-32-17-33-53-55(52)51-39-36-41-20-13-14-29-50(41)56(51)58(53,46-25-9-3-10-26-46)47-27-11-4-12-28-47/h1-39H. The quantitative estimate of drug-likeness (QED) is 0.147. The van der Waals surface area contributed by atoms with Crippen LogP contribution in [-0.4, -0.2) is 8.07 Å². The van der Waals surface area contributed by atoms with Crippen molar-refractivity contribution in [1.29, 1.82) is 0 Å². The summed E-state index contributed by atoms with van der Waals surface area (Å²) in [6.07, 6.45) is 0. The van der Waals surface area contributed by atoms with Crippen LogP contribution in [0.5, 0.6) is 0 Å². The minimum Gasteiger partial charge on any atom is -0.310 e. The summed E-state index contributed by atoms with van der Waals surface area (Å²) in [5.74, 6) is 0. The Morgan fingerprint density at radius 3 is 1.50 bits per heavy atom. The monoisotopic (exact) mass is 753 g/mol. The number of rotatable bonds is 7. The van der Waals surface area contributed by atoms with Crippen LogP contribution in [0.15, 0.2) is 237 Å². The van der Waals surface area contributed by atoms with Crippen molar-refractivity contribution in [2.45, 2.75) is 0 Å². The van der Waals surface area contributed by atoms with Crippen LogP contribution in [-0.2, 0) is 0 Å². The summed E-state index contributed by atoms with van der Waals surface area (Å²) in [5, 5.41) is 10.8. The topological polar surface area (TPSA) is 3.24 Å². The molecule has 0 bridgehead atoms. The summed E-state index contributed by atoms with van der Waals surface area (Å²) in [5.41, 5.74) is 11.0. The van der Waals surface area contributed by atoms with E-state index in [2.05, 4.69) is 241 Å². The summed E-state index contributed by atoms with van der Waals surface area (Å²) < 4.78 is 0. The first-order chi connectivity index (χ1) is 28.8. The molecule has 1 nitrogen and oxygen atoms in total. The van der Waals surface area contributed by atoms with Crippen molar-refractivity contribution in [1.82, 2.24) is 0 Å². The lowest BCUT2D eigenvalue weighted by Gasteiger charge is -2.33. The number of benzene rings is 10. The molecule has 272 valence electrons. The second-order valence-electron chi connectivity index (χ2n) is 15.2. The summed E-state index contributed by atoms with van der Waals surface area (Å²) in [4.78, 5) is 2.47. The molecule has 1 heterocycles. The maximum Gasteiger partial charge on any atom is 0.181 e. The molecule has 0 aromatic heterocycles. The first kappa shape index (κ1) is 34.0. The van der Waals surface area contributed by atoms with Gasteiger partial charge in [0.05, 0.1) is 5.69 Å². The second kappa shape index (κ2) is 14.0. The lowest BCUT2D eigenvalue weighted by Crippen LogP contribution is -2.73. The van der Waals surface area contributed by atoms with Gasteiger partial charge in [0.25, 0.3) is 0 Å². The van der Waals surface area contributed by atoms with E-state index in [4.69, 9.17) is 0 Å². The van der Waals surface area contributed by atoms with Crippen molar-refractivity contribution in [3.63, 3.8) is 0 Å². The SMILES string of the molecule is c1ccc(-c2cccc3cccc(-c4ccc(N(c5ccccc5)c5cccc6c5-c5ccc7ccccc7c5[Si]6(c5ccccc5)c5ccccc5)cc4)c23)cc1. The van der Waals surface area contributed by atoms with Crippen LogP contribution in [0.3, 0.4) is 0 Å². The molecule has 10 aromatic rings. The van der Waals surface area contributed by atoms with E-state index < -0.39 is 8.07 Å². The van der Waals surface area contributed by atoms with E-state index in [0.29, 0.717) is 0 Å².